The Labute approximate surface area is 178 Å². The van der Waals surface area contributed by atoms with E-state index in [1.165, 1.54) is 5.56 Å². The van der Waals surface area contributed by atoms with Crippen molar-refractivity contribution < 1.29 is 9.53 Å². The summed E-state index contributed by atoms with van der Waals surface area (Å²) in [6.45, 7) is 0.629. The molecule has 1 aliphatic heterocycles. The van der Waals surface area contributed by atoms with Gasteiger partial charge in [-0.2, -0.15) is 5.10 Å². The van der Waals surface area contributed by atoms with Crippen LogP contribution >= 0.6 is 11.3 Å². The Balaban J connectivity index is 1.49. The Kier molecular flexibility index (Phi) is 4.85. The lowest BCUT2D eigenvalue weighted by atomic mass is 10.0. The van der Waals surface area contributed by atoms with Gasteiger partial charge >= 0.3 is 0 Å². The molecule has 0 fully saturated rings. The summed E-state index contributed by atoms with van der Waals surface area (Å²) >= 11 is 1.67. The predicted molar refractivity (Wildman–Crippen MR) is 118 cm³/mol. The molecule has 0 radical (unpaired) electrons. The van der Waals surface area contributed by atoms with E-state index >= 15 is 0 Å². The number of nitrogens with zero attached hydrogens (tertiary/aromatic N) is 2. The van der Waals surface area contributed by atoms with Crippen LogP contribution < -0.4 is 4.74 Å². The monoisotopic (exact) mass is 415 g/mol. The van der Waals surface area contributed by atoms with Crippen LogP contribution in [-0.4, -0.2) is 34.7 Å². The van der Waals surface area contributed by atoms with Crippen LogP contribution in [-0.2, 0) is 6.42 Å². The van der Waals surface area contributed by atoms with Gasteiger partial charge in [-0.3, -0.25) is 9.89 Å². The van der Waals surface area contributed by atoms with E-state index in [9.17, 15) is 4.79 Å². The SMILES string of the molecule is COc1ccc(CCN2C(=O)c3[nH]nc(-c4ccccc4)c3C2c2cccs2)cc1. The van der Waals surface area contributed by atoms with Gasteiger partial charge in [0.2, 0.25) is 0 Å². The number of hydrogen-bond donors (Lipinski definition) is 1. The van der Waals surface area contributed by atoms with Crippen LogP contribution in [0, 0.1) is 0 Å². The number of carbonyl (C=O) groups is 1. The van der Waals surface area contributed by atoms with E-state index in [-0.39, 0.29) is 11.9 Å². The Hall–Kier alpha value is -3.38. The topological polar surface area (TPSA) is 58.2 Å². The van der Waals surface area contributed by atoms with Crippen molar-refractivity contribution >= 4 is 17.2 Å². The van der Waals surface area contributed by atoms with Gasteiger partial charge in [0.1, 0.15) is 11.4 Å². The summed E-state index contributed by atoms with van der Waals surface area (Å²) in [7, 11) is 1.66. The highest BCUT2D eigenvalue weighted by molar-refractivity contribution is 7.10. The van der Waals surface area contributed by atoms with Crippen LogP contribution in [0.3, 0.4) is 0 Å². The predicted octanol–water partition coefficient (Wildman–Crippen LogP) is 4.93. The van der Waals surface area contributed by atoms with Gasteiger partial charge in [-0.1, -0.05) is 48.5 Å². The van der Waals surface area contributed by atoms with Crippen molar-refractivity contribution in [1.29, 1.82) is 0 Å². The standard InChI is InChI=1S/C24H21N3O2S/c1-29-18-11-9-16(10-12-18)13-14-27-23(19-8-5-15-30-19)20-21(17-6-3-2-4-7-17)25-26-22(20)24(27)28/h2-12,15,23H,13-14H2,1H3,(H,25,26). The van der Waals surface area contributed by atoms with E-state index in [1.54, 1.807) is 18.4 Å². The first-order valence-electron chi connectivity index (χ1n) is 9.87. The number of rotatable bonds is 6. The molecule has 2 aromatic heterocycles. The van der Waals surface area contributed by atoms with Crippen molar-refractivity contribution in [2.75, 3.05) is 13.7 Å². The molecule has 6 heteroatoms. The van der Waals surface area contributed by atoms with E-state index in [0.717, 1.165) is 33.9 Å². The number of aromatic amines is 1. The third-order valence-corrected chi connectivity index (χ3v) is 6.45. The molecule has 1 amide bonds. The van der Waals surface area contributed by atoms with Gasteiger partial charge in [-0.25, -0.2) is 0 Å². The molecule has 0 spiro atoms. The molecule has 0 saturated carbocycles. The minimum atomic E-state index is -0.125. The first-order valence-corrected chi connectivity index (χ1v) is 10.7. The first-order chi connectivity index (χ1) is 14.8. The molecular formula is C24H21N3O2S. The van der Waals surface area contributed by atoms with Crippen molar-refractivity contribution in [3.8, 4) is 17.0 Å². The van der Waals surface area contributed by atoms with Crippen LogP contribution in [0.2, 0.25) is 0 Å². The normalized spacial score (nSPS) is 15.4. The number of hydrogen-bond acceptors (Lipinski definition) is 4. The van der Waals surface area contributed by atoms with E-state index in [0.29, 0.717) is 12.2 Å². The number of H-pyrrole nitrogens is 1. The number of aromatic nitrogens is 2. The second-order valence-electron chi connectivity index (χ2n) is 7.24. The van der Waals surface area contributed by atoms with Gasteiger partial charge in [0.25, 0.3) is 5.91 Å². The molecule has 0 aliphatic carbocycles. The van der Waals surface area contributed by atoms with Gasteiger partial charge in [0, 0.05) is 22.5 Å². The summed E-state index contributed by atoms with van der Waals surface area (Å²) in [5.41, 5.74) is 4.61. The van der Waals surface area contributed by atoms with E-state index in [2.05, 4.69) is 33.8 Å². The number of ether oxygens (including phenoxy) is 1. The van der Waals surface area contributed by atoms with Crippen LogP contribution in [0.5, 0.6) is 5.75 Å². The van der Waals surface area contributed by atoms with Gasteiger partial charge in [-0.15, -0.1) is 11.3 Å². The molecular weight excluding hydrogens is 394 g/mol. The Morgan fingerprint density at radius 1 is 1.07 bits per heavy atom. The third-order valence-electron chi connectivity index (χ3n) is 5.52. The number of amides is 1. The molecule has 0 saturated heterocycles. The zero-order valence-electron chi connectivity index (χ0n) is 16.5. The van der Waals surface area contributed by atoms with Crippen molar-refractivity contribution in [3.63, 3.8) is 0 Å². The van der Waals surface area contributed by atoms with Crippen molar-refractivity contribution in [1.82, 2.24) is 15.1 Å². The molecule has 5 nitrogen and oxygen atoms in total. The maximum absolute atomic E-state index is 13.3. The van der Waals surface area contributed by atoms with Crippen molar-refractivity contribution in [3.05, 3.63) is 93.8 Å². The number of methoxy groups -OCH3 is 1. The minimum Gasteiger partial charge on any atom is -0.497 e. The average Bonchev–Trinajstić information content (AvgIpc) is 3.52. The van der Waals surface area contributed by atoms with Gasteiger partial charge in [0.15, 0.2) is 0 Å². The largest absolute Gasteiger partial charge is 0.497 e. The quantitative estimate of drug-likeness (QED) is 0.486. The second kappa shape index (κ2) is 7.80. The zero-order chi connectivity index (χ0) is 20.5. The molecule has 30 heavy (non-hydrogen) atoms. The lowest BCUT2D eigenvalue weighted by Gasteiger charge is -2.25. The Bertz CT molecular complexity index is 1150. The molecule has 0 bridgehead atoms. The van der Waals surface area contributed by atoms with E-state index in [4.69, 9.17) is 4.74 Å². The molecule has 3 heterocycles. The summed E-state index contributed by atoms with van der Waals surface area (Å²) in [6.07, 6.45) is 0.774. The van der Waals surface area contributed by atoms with Gasteiger partial charge < -0.3 is 9.64 Å². The first kappa shape index (κ1) is 18.6. The summed E-state index contributed by atoms with van der Waals surface area (Å²) in [5.74, 6) is 0.840. The van der Waals surface area contributed by atoms with Gasteiger partial charge in [-0.05, 0) is 35.6 Å². The fourth-order valence-electron chi connectivity index (χ4n) is 4.03. The summed E-state index contributed by atoms with van der Waals surface area (Å²) < 4.78 is 5.24. The van der Waals surface area contributed by atoms with E-state index in [1.807, 2.05) is 53.4 Å². The maximum Gasteiger partial charge on any atom is 0.273 e. The van der Waals surface area contributed by atoms with E-state index < -0.39 is 0 Å². The highest BCUT2D eigenvalue weighted by Crippen LogP contribution is 2.44. The van der Waals surface area contributed by atoms with Crippen LogP contribution in [0.25, 0.3) is 11.3 Å². The molecule has 1 N–H and O–H groups in total. The molecule has 5 rings (SSSR count). The van der Waals surface area contributed by atoms with Crippen LogP contribution in [0.1, 0.15) is 32.5 Å². The molecule has 150 valence electrons. The number of carbonyl (C=O) groups excluding carboxylic acids is 1. The highest BCUT2D eigenvalue weighted by atomic mass is 32.1. The maximum atomic E-state index is 13.3. The number of nitrogens with one attached hydrogen (secondary N) is 1. The lowest BCUT2D eigenvalue weighted by Crippen LogP contribution is -2.31. The van der Waals surface area contributed by atoms with Gasteiger partial charge in [0.05, 0.1) is 18.8 Å². The smallest absolute Gasteiger partial charge is 0.273 e. The number of thiophene rings is 1. The molecule has 1 atom stereocenters. The number of benzene rings is 2. The van der Waals surface area contributed by atoms with Crippen LogP contribution in [0.15, 0.2) is 72.1 Å². The summed E-state index contributed by atoms with van der Waals surface area (Å²) in [5, 5.41) is 9.58. The highest BCUT2D eigenvalue weighted by Gasteiger charge is 2.42. The third kappa shape index (κ3) is 3.19. The molecule has 1 unspecified atom stereocenters. The lowest BCUT2D eigenvalue weighted by molar-refractivity contribution is 0.0748. The van der Waals surface area contributed by atoms with Crippen molar-refractivity contribution in [2.45, 2.75) is 12.5 Å². The molecule has 2 aromatic carbocycles. The summed E-state index contributed by atoms with van der Waals surface area (Å²) in [6, 6.07) is 22.1. The molecule has 4 aromatic rings. The average molecular weight is 416 g/mol. The minimum absolute atomic E-state index is 0.00610. The number of fused-ring (bicyclic) bond motifs is 1. The Morgan fingerprint density at radius 2 is 1.87 bits per heavy atom. The zero-order valence-corrected chi connectivity index (χ0v) is 17.4. The van der Waals surface area contributed by atoms with Crippen LogP contribution in [0.4, 0.5) is 0 Å². The van der Waals surface area contributed by atoms with Crippen molar-refractivity contribution in [2.24, 2.45) is 0 Å². The summed E-state index contributed by atoms with van der Waals surface area (Å²) in [4.78, 5) is 16.4. The fourth-order valence-corrected chi connectivity index (χ4v) is 4.87. The Morgan fingerprint density at radius 3 is 2.57 bits per heavy atom. The second-order valence-corrected chi connectivity index (χ2v) is 8.22. The fraction of sp³-hybridized carbons (Fsp3) is 0.167. The molecule has 1 aliphatic rings.